The maximum atomic E-state index is 12.7. The Labute approximate surface area is 143 Å². The topological polar surface area (TPSA) is 86.8 Å². The lowest BCUT2D eigenvalue weighted by Gasteiger charge is -2.35. The number of imide groups is 1. The number of likely N-dealkylation sites (N-methyl/N-ethyl adjacent to an activating group) is 1. The van der Waals surface area contributed by atoms with Gasteiger partial charge in [-0.1, -0.05) is 12.1 Å². The van der Waals surface area contributed by atoms with Gasteiger partial charge >= 0.3 is 0 Å². The summed E-state index contributed by atoms with van der Waals surface area (Å²) in [5, 5.41) is 2.64. The molecule has 0 saturated carbocycles. The van der Waals surface area contributed by atoms with Crippen molar-refractivity contribution in [1.82, 2.24) is 15.1 Å². The summed E-state index contributed by atoms with van der Waals surface area (Å²) in [5.74, 6) is -0.806. The van der Waals surface area contributed by atoms with Crippen molar-refractivity contribution < 1.29 is 19.2 Å². The molecule has 7 nitrogen and oxygen atoms in total. The second-order valence-corrected chi connectivity index (χ2v) is 6.53. The molecule has 2 aliphatic heterocycles. The van der Waals surface area contributed by atoms with Crippen LogP contribution in [0, 0.1) is 0 Å². The largest absolute Gasteiger partial charge is 0.355 e. The quantitative estimate of drug-likeness (QED) is 0.793. The van der Waals surface area contributed by atoms with E-state index in [1.54, 1.807) is 31.2 Å². The summed E-state index contributed by atoms with van der Waals surface area (Å²) >= 11 is 1.42. The van der Waals surface area contributed by atoms with E-state index in [0.29, 0.717) is 29.3 Å². The smallest absolute Gasteiger partial charge is 0.262 e. The summed E-state index contributed by atoms with van der Waals surface area (Å²) in [6, 6.07) is 5.68. The van der Waals surface area contributed by atoms with Gasteiger partial charge in [0, 0.05) is 12.3 Å². The highest BCUT2D eigenvalue weighted by Crippen LogP contribution is 2.28. The molecule has 1 saturated heterocycles. The van der Waals surface area contributed by atoms with Gasteiger partial charge in [0.15, 0.2) is 0 Å². The third-order valence-electron chi connectivity index (χ3n) is 3.97. The molecule has 1 atom stereocenters. The van der Waals surface area contributed by atoms with Crippen LogP contribution in [0.1, 0.15) is 27.6 Å². The van der Waals surface area contributed by atoms with Crippen molar-refractivity contribution in [2.45, 2.75) is 13.0 Å². The van der Waals surface area contributed by atoms with Gasteiger partial charge in [0.25, 0.3) is 11.8 Å². The van der Waals surface area contributed by atoms with Crippen LogP contribution < -0.4 is 5.32 Å². The average Bonchev–Trinajstić information content (AvgIpc) is 2.82. The van der Waals surface area contributed by atoms with Gasteiger partial charge in [-0.2, -0.15) is 0 Å². The molecule has 24 heavy (non-hydrogen) atoms. The number of nitrogens with zero attached hydrogens (tertiary/aromatic N) is 2. The third-order valence-corrected chi connectivity index (χ3v) is 5.01. The molecule has 1 unspecified atom stereocenters. The zero-order valence-corrected chi connectivity index (χ0v) is 14.0. The van der Waals surface area contributed by atoms with E-state index in [-0.39, 0.29) is 18.4 Å². The molecular formula is C16H17N3O4S. The van der Waals surface area contributed by atoms with Gasteiger partial charge in [-0.25, -0.2) is 0 Å². The molecule has 0 spiro atoms. The highest BCUT2D eigenvalue weighted by atomic mass is 32.2. The average molecular weight is 347 g/mol. The molecule has 1 aromatic rings. The Balaban J connectivity index is 1.80. The molecule has 4 amide bonds. The number of nitrogens with one attached hydrogen (secondary N) is 1. The molecule has 1 aromatic carbocycles. The number of thioether (sulfide) groups is 1. The second kappa shape index (κ2) is 6.64. The van der Waals surface area contributed by atoms with Crippen molar-refractivity contribution in [2.75, 3.05) is 24.7 Å². The molecule has 1 N–H and O–H groups in total. The first kappa shape index (κ1) is 16.5. The number of carbonyl (C=O) groups is 4. The van der Waals surface area contributed by atoms with Gasteiger partial charge in [-0.3, -0.25) is 24.1 Å². The van der Waals surface area contributed by atoms with Crippen LogP contribution >= 0.6 is 11.8 Å². The molecular weight excluding hydrogens is 330 g/mol. The fourth-order valence-electron chi connectivity index (χ4n) is 2.85. The van der Waals surface area contributed by atoms with Crippen LogP contribution in [0.15, 0.2) is 24.3 Å². The lowest BCUT2D eigenvalue weighted by Crippen LogP contribution is -2.56. The van der Waals surface area contributed by atoms with Crippen LogP contribution in [-0.2, 0) is 9.59 Å². The predicted octanol–water partition coefficient (Wildman–Crippen LogP) is 0.320. The first-order valence-corrected chi connectivity index (χ1v) is 8.80. The van der Waals surface area contributed by atoms with E-state index >= 15 is 0 Å². The predicted molar refractivity (Wildman–Crippen MR) is 88.5 cm³/mol. The van der Waals surface area contributed by atoms with Gasteiger partial charge in [0.1, 0.15) is 12.6 Å². The van der Waals surface area contributed by atoms with Crippen molar-refractivity contribution in [2.24, 2.45) is 0 Å². The van der Waals surface area contributed by atoms with Gasteiger partial charge in [-0.15, -0.1) is 11.8 Å². The Morgan fingerprint density at radius 2 is 1.83 bits per heavy atom. The fourth-order valence-corrected chi connectivity index (χ4v) is 3.91. The molecule has 3 rings (SSSR count). The van der Waals surface area contributed by atoms with E-state index in [4.69, 9.17) is 0 Å². The molecule has 0 aromatic heterocycles. The Morgan fingerprint density at radius 1 is 1.21 bits per heavy atom. The SMILES string of the molecule is CCNC(=O)CN1CSCC(N2C(=O)c3ccccc3C2=O)C1=O. The van der Waals surface area contributed by atoms with E-state index in [9.17, 15) is 19.2 Å². The Hall–Kier alpha value is -2.35. The molecule has 2 heterocycles. The van der Waals surface area contributed by atoms with Crippen LogP contribution in [0.4, 0.5) is 0 Å². The maximum absolute atomic E-state index is 12.7. The summed E-state index contributed by atoms with van der Waals surface area (Å²) in [7, 11) is 0. The highest BCUT2D eigenvalue weighted by molar-refractivity contribution is 7.99. The minimum atomic E-state index is -0.870. The lowest BCUT2D eigenvalue weighted by atomic mass is 10.1. The molecule has 2 aliphatic rings. The van der Waals surface area contributed by atoms with Gasteiger partial charge in [0.2, 0.25) is 11.8 Å². The van der Waals surface area contributed by atoms with E-state index in [1.165, 1.54) is 16.7 Å². The number of amides is 4. The van der Waals surface area contributed by atoms with Crippen molar-refractivity contribution >= 4 is 35.4 Å². The van der Waals surface area contributed by atoms with Crippen LogP contribution in [0.3, 0.4) is 0 Å². The van der Waals surface area contributed by atoms with E-state index in [1.807, 2.05) is 0 Å². The first-order valence-electron chi connectivity index (χ1n) is 7.64. The zero-order valence-electron chi connectivity index (χ0n) is 13.2. The van der Waals surface area contributed by atoms with Gasteiger partial charge in [-0.05, 0) is 19.1 Å². The number of carbonyl (C=O) groups excluding carboxylic acids is 4. The molecule has 0 bridgehead atoms. The molecule has 8 heteroatoms. The minimum Gasteiger partial charge on any atom is -0.355 e. The third kappa shape index (κ3) is 2.77. The van der Waals surface area contributed by atoms with E-state index < -0.39 is 17.9 Å². The van der Waals surface area contributed by atoms with Crippen LogP contribution in [-0.4, -0.2) is 64.2 Å². The summed E-state index contributed by atoms with van der Waals surface area (Å²) in [4.78, 5) is 51.9. The van der Waals surface area contributed by atoms with E-state index in [2.05, 4.69) is 5.32 Å². The summed E-state index contributed by atoms with van der Waals surface area (Å²) in [5.41, 5.74) is 0.641. The number of benzene rings is 1. The molecule has 0 aliphatic carbocycles. The van der Waals surface area contributed by atoms with Crippen LogP contribution in [0.2, 0.25) is 0 Å². The Morgan fingerprint density at radius 3 is 2.42 bits per heavy atom. The van der Waals surface area contributed by atoms with Crippen LogP contribution in [0.5, 0.6) is 0 Å². The maximum Gasteiger partial charge on any atom is 0.262 e. The molecule has 1 fully saturated rings. The van der Waals surface area contributed by atoms with E-state index in [0.717, 1.165) is 4.90 Å². The first-order chi connectivity index (χ1) is 11.5. The second-order valence-electron chi connectivity index (χ2n) is 5.53. The highest BCUT2D eigenvalue weighted by Gasteiger charge is 2.45. The fraction of sp³-hybridized carbons (Fsp3) is 0.375. The van der Waals surface area contributed by atoms with Crippen molar-refractivity contribution in [3.05, 3.63) is 35.4 Å². The molecule has 0 radical (unpaired) electrons. The number of hydrogen-bond donors (Lipinski definition) is 1. The van der Waals surface area contributed by atoms with Crippen molar-refractivity contribution in [1.29, 1.82) is 0 Å². The van der Waals surface area contributed by atoms with Gasteiger partial charge in [0.05, 0.1) is 17.0 Å². The number of fused-ring (bicyclic) bond motifs is 1. The summed E-state index contributed by atoms with van der Waals surface area (Å²) in [6.45, 7) is 2.21. The molecule has 126 valence electrons. The minimum absolute atomic E-state index is 0.0701. The summed E-state index contributed by atoms with van der Waals surface area (Å²) < 4.78 is 0. The van der Waals surface area contributed by atoms with Crippen molar-refractivity contribution in [3.63, 3.8) is 0 Å². The Bertz CT molecular complexity index is 686. The van der Waals surface area contributed by atoms with Gasteiger partial charge < -0.3 is 10.2 Å². The number of hydrogen-bond acceptors (Lipinski definition) is 5. The standard InChI is InChI=1S/C16H17N3O4S/c1-2-17-13(20)7-18-9-24-8-12(16(18)23)19-14(21)10-5-3-4-6-11(10)15(19)22/h3-6,12H,2,7-9H2,1H3,(H,17,20). The monoisotopic (exact) mass is 347 g/mol. The summed E-state index contributed by atoms with van der Waals surface area (Å²) in [6.07, 6.45) is 0. The Kier molecular flexibility index (Phi) is 4.57. The van der Waals surface area contributed by atoms with Crippen molar-refractivity contribution in [3.8, 4) is 0 Å². The normalized spacial score (nSPS) is 20.4. The zero-order chi connectivity index (χ0) is 17.3. The lowest BCUT2D eigenvalue weighted by molar-refractivity contribution is -0.138. The van der Waals surface area contributed by atoms with Crippen LogP contribution in [0.25, 0.3) is 0 Å². The number of rotatable bonds is 4.